The van der Waals surface area contributed by atoms with Crippen LogP contribution < -0.4 is 0 Å². The quantitative estimate of drug-likeness (QED) is 0.244. The van der Waals surface area contributed by atoms with Gasteiger partial charge in [0, 0.05) is 0 Å². The second kappa shape index (κ2) is 16.1. The molecule has 0 rings (SSSR count). The van der Waals surface area contributed by atoms with Gasteiger partial charge in [0.05, 0.1) is 6.61 Å². The van der Waals surface area contributed by atoms with Gasteiger partial charge in [-0.25, -0.2) is 4.79 Å². The highest BCUT2D eigenvalue weighted by molar-refractivity contribution is 5.56. The topological polar surface area (TPSA) is 46.5 Å². The predicted octanol–water partition coefficient (Wildman–Crippen LogP) is 5.94. The molecule has 0 amide bonds. The maximum absolute atomic E-state index is 10.1. The van der Waals surface area contributed by atoms with Gasteiger partial charge in [-0.1, -0.05) is 70.4 Å². The van der Waals surface area contributed by atoms with Crippen LogP contribution in [0.4, 0.5) is 4.79 Å². The summed E-state index contributed by atoms with van der Waals surface area (Å²) in [6.45, 7) is 2.58. The lowest BCUT2D eigenvalue weighted by Gasteiger charge is -2.02. The van der Waals surface area contributed by atoms with E-state index in [9.17, 15) is 4.79 Å². The van der Waals surface area contributed by atoms with Gasteiger partial charge in [0.15, 0.2) is 0 Å². The van der Waals surface area contributed by atoms with Crippen LogP contribution in [0.5, 0.6) is 0 Å². The van der Waals surface area contributed by atoms with Crippen LogP contribution in [0, 0.1) is 0 Å². The fraction of sp³-hybridized carbons (Fsp3) is 0.824. The van der Waals surface area contributed by atoms with Gasteiger partial charge in [-0.05, 0) is 25.7 Å². The lowest BCUT2D eigenvalue weighted by Crippen LogP contribution is -2.01. The molecule has 0 heterocycles. The number of allylic oxidation sites excluding steroid dienone is 2. The number of carbonyl (C=O) groups is 1. The number of rotatable bonds is 14. The molecule has 20 heavy (non-hydrogen) atoms. The van der Waals surface area contributed by atoms with Crippen molar-refractivity contribution >= 4 is 6.16 Å². The first-order chi connectivity index (χ1) is 9.77. The Morgan fingerprint density at radius 3 is 1.90 bits per heavy atom. The molecule has 0 atom stereocenters. The zero-order chi connectivity index (χ0) is 14.9. The fourth-order valence-corrected chi connectivity index (χ4v) is 2.14. The van der Waals surface area contributed by atoms with Gasteiger partial charge in [0.25, 0.3) is 0 Å². The Morgan fingerprint density at radius 2 is 1.35 bits per heavy atom. The number of ether oxygens (including phenoxy) is 1. The average molecular weight is 284 g/mol. The molecule has 0 saturated carbocycles. The van der Waals surface area contributed by atoms with Gasteiger partial charge in [0.2, 0.25) is 0 Å². The van der Waals surface area contributed by atoms with Crippen LogP contribution in [0.25, 0.3) is 0 Å². The SMILES string of the molecule is CCCC/C=C\CCCCCCCCCCOC(=O)O. The molecule has 0 aromatic heterocycles. The zero-order valence-corrected chi connectivity index (χ0v) is 13.1. The Kier molecular flexibility index (Phi) is 15.3. The summed E-state index contributed by atoms with van der Waals surface area (Å²) in [5, 5.41) is 8.29. The molecule has 0 aliphatic carbocycles. The molecule has 118 valence electrons. The highest BCUT2D eigenvalue weighted by Crippen LogP contribution is 2.10. The highest BCUT2D eigenvalue weighted by Gasteiger charge is 1.96. The lowest BCUT2D eigenvalue weighted by atomic mass is 10.1. The number of hydrogen-bond acceptors (Lipinski definition) is 2. The van der Waals surface area contributed by atoms with Crippen molar-refractivity contribution in [2.45, 2.75) is 84.0 Å². The molecule has 0 aliphatic heterocycles. The van der Waals surface area contributed by atoms with Crippen molar-refractivity contribution in [1.82, 2.24) is 0 Å². The van der Waals surface area contributed by atoms with E-state index in [0.717, 1.165) is 12.8 Å². The van der Waals surface area contributed by atoms with Crippen LogP contribution in [-0.4, -0.2) is 17.9 Å². The average Bonchev–Trinajstić information content (AvgIpc) is 2.43. The molecule has 0 aromatic rings. The molecule has 0 aliphatic rings. The molecule has 0 radical (unpaired) electrons. The third-order valence-corrected chi connectivity index (χ3v) is 3.38. The van der Waals surface area contributed by atoms with Crippen LogP contribution in [0.2, 0.25) is 0 Å². The summed E-state index contributed by atoms with van der Waals surface area (Å²) >= 11 is 0. The zero-order valence-electron chi connectivity index (χ0n) is 13.1. The second-order valence-corrected chi connectivity index (χ2v) is 5.35. The highest BCUT2D eigenvalue weighted by atomic mass is 16.7. The summed E-state index contributed by atoms with van der Waals surface area (Å²) in [7, 11) is 0. The van der Waals surface area contributed by atoms with E-state index < -0.39 is 6.16 Å². The standard InChI is InChI=1S/C17H32O3/c1-2-3-4-5-6-7-8-9-10-11-12-13-14-15-16-20-17(18)19/h5-6H,2-4,7-16H2,1H3,(H,18,19)/b6-5-. The third-order valence-electron chi connectivity index (χ3n) is 3.38. The summed E-state index contributed by atoms with van der Waals surface area (Å²) in [6.07, 6.45) is 18.2. The molecular formula is C17H32O3. The maximum atomic E-state index is 10.1. The van der Waals surface area contributed by atoms with E-state index >= 15 is 0 Å². The fourth-order valence-electron chi connectivity index (χ4n) is 2.14. The van der Waals surface area contributed by atoms with Gasteiger partial charge in [-0.3, -0.25) is 0 Å². The van der Waals surface area contributed by atoms with Crippen LogP contribution in [0.3, 0.4) is 0 Å². The Labute approximate surface area is 124 Å². The lowest BCUT2D eigenvalue weighted by molar-refractivity contribution is 0.0899. The van der Waals surface area contributed by atoms with Gasteiger partial charge < -0.3 is 9.84 Å². The minimum Gasteiger partial charge on any atom is -0.450 e. The number of carboxylic acid groups (broad SMARTS) is 1. The molecule has 3 nitrogen and oxygen atoms in total. The first-order valence-electron chi connectivity index (χ1n) is 8.28. The second-order valence-electron chi connectivity index (χ2n) is 5.35. The van der Waals surface area contributed by atoms with E-state index in [1.165, 1.54) is 64.2 Å². The van der Waals surface area contributed by atoms with Crippen molar-refractivity contribution in [3.8, 4) is 0 Å². The van der Waals surface area contributed by atoms with Crippen LogP contribution in [0.1, 0.15) is 84.0 Å². The molecule has 1 N–H and O–H groups in total. The van der Waals surface area contributed by atoms with E-state index in [1.54, 1.807) is 0 Å². The van der Waals surface area contributed by atoms with E-state index in [4.69, 9.17) is 5.11 Å². The molecule has 0 aromatic carbocycles. The monoisotopic (exact) mass is 284 g/mol. The van der Waals surface area contributed by atoms with E-state index in [0.29, 0.717) is 6.61 Å². The van der Waals surface area contributed by atoms with Crippen molar-refractivity contribution in [2.24, 2.45) is 0 Å². The van der Waals surface area contributed by atoms with E-state index in [2.05, 4.69) is 23.8 Å². The first kappa shape index (κ1) is 19.0. The summed E-state index contributed by atoms with van der Waals surface area (Å²) in [6, 6.07) is 0. The summed E-state index contributed by atoms with van der Waals surface area (Å²) in [5.41, 5.74) is 0. The Bertz CT molecular complexity index is 236. The summed E-state index contributed by atoms with van der Waals surface area (Å²) in [5.74, 6) is 0. The van der Waals surface area contributed by atoms with Crippen LogP contribution >= 0.6 is 0 Å². The predicted molar refractivity (Wildman–Crippen MR) is 84.2 cm³/mol. The first-order valence-corrected chi connectivity index (χ1v) is 8.28. The smallest absolute Gasteiger partial charge is 0.450 e. The molecule has 0 spiro atoms. The van der Waals surface area contributed by atoms with E-state index in [1.807, 2.05) is 0 Å². The summed E-state index contributed by atoms with van der Waals surface area (Å²) in [4.78, 5) is 10.1. The maximum Gasteiger partial charge on any atom is 0.505 e. The Hall–Kier alpha value is -0.990. The number of unbranched alkanes of at least 4 members (excludes halogenated alkanes) is 10. The van der Waals surface area contributed by atoms with Gasteiger partial charge in [0.1, 0.15) is 0 Å². The molecular weight excluding hydrogens is 252 g/mol. The van der Waals surface area contributed by atoms with Crippen molar-refractivity contribution in [1.29, 1.82) is 0 Å². The minimum atomic E-state index is -1.16. The molecule has 3 heteroatoms. The Morgan fingerprint density at radius 1 is 0.850 bits per heavy atom. The molecule has 0 unspecified atom stereocenters. The normalized spacial score (nSPS) is 11.1. The van der Waals surface area contributed by atoms with Gasteiger partial charge in [-0.2, -0.15) is 0 Å². The van der Waals surface area contributed by atoms with Crippen molar-refractivity contribution in [2.75, 3.05) is 6.61 Å². The van der Waals surface area contributed by atoms with Gasteiger partial charge in [-0.15, -0.1) is 0 Å². The van der Waals surface area contributed by atoms with Crippen LogP contribution in [0.15, 0.2) is 12.2 Å². The largest absolute Gasteiger partial charge is 0.505 e. The minimum absolute atomic E-state index is 0.347. The molecule has 0 bridgehead atoms. The molecule has 0 saturated heterocycles. The van der Waals surface area contributed by atoms with Crippen molar-refractivity contribution < 1.29 is 14.6 Å². The van der Waals surface area contributed by atoms with Crippen molar-refractivity contribution in [3.05, 3.63) is 12.2 Å². The Balaban J connectivity index is 3.02. The summed E-state index contributed by atoms with van der Waals surface area (Å²) < 4.78 is 4.46. The molecule has 0 fully saturated rings. The van der Waals surface area contributed by atoms with Crippen LogP contribution in [-0.2, 0) is 4.74 Å². The third kappa shape index (κ3) is 17.0. The van der Waals surface area contributed by atoms with Gasteiger partial charge >= 0.3 is 6.16 Å². The van der Waals surface area contributed by atoms with Crippen molar-refractivity contribution in [3.63, 3.8) is 0 Å². The van der Waals surface area contributed by atoms with E-state index in [-0.39, 0.29) is 0 Å². The number of hydrogen-bond donors (Lipinski definition) is 1.